The van der Waals surface area contributed by atoms with Crippen molar-refractivity contribution in [3.8, 4) is 0 Å². The Morgan fingerprint density at radius 3 is 2.44 bits per heavy atom. The molecule has 1 aliphatic heterocycles. The van der Waals surface area contributed by atoms with E-state index in [1.54, 1.807) is 34.9 Å². The molecule has 0 aliphatic carbocycles. The standard InChI is InChI=1S/C17H23ClN4O2S/c1-13(2)17-20-19-12-22(17)16-7-9-21(10-8-16)25(23,24)11-14-3-5-15(18)6-4-14/h3-6,12-13,16H,7-11H2,1-2H3. The van der Waals surface area contributed by atoms with Crippen LogP contribution in [0, 0.1) is 0 Å². The molecule has 0 N–H and O–H groups in total. The lowest BCUT2D eigenvalue weighted by molar-refractivity contribution is 0.268. The van der Waals surface area contributed by atoms with Crippen LogP contribution >= 0.6 is 11.6 Å². The van der Waals surface area contributed by atoms with E-state index in [0.717, 1.165) is 24.2 Å². The van der Waals surface area contributed by atoms with Crippen LogP contribution < -0.4 is 0 Å². The van der Waals surface area contributed by atoms with E-state index in [4.69, 9.17) is 11.6 Å². The van der Waals surface area contributed by atoms with Crippen LogP contribution in [0.15, 0.2) is 30.6 Å². The first-order chi connectivity index (χ1) is 11.9. The lowest BCUT2D eigenvalue weighted by atomic mass is 10.1. The number of sulfonamides is 1. The Labute approximate surface area is 153 Å². The highest BCUT2D eigenvalue weighted by Gasteiger charge is 2.30. The number of benzene rings is 1. The van der Waals surface area contributed by atoms with Crippen LogP contribution in [0.2, 0.25) is 5.02 Å². The van der Waals surface area contributed by atoms with Gasteiger partial charge in [0, 0.05) is 30.1 Å². The molecule has 136 valence electrons. The lowest BCUT2D eigenvalue weighted by Crippen LogP contribution is -2.39. The van der Waals surface area contributed by atoms with Gasteiger partial charge >= 0.3 is 0 Å². The normalized spacial score (nSPS) is 17.3. The molecule has 8 heteroatoms. The van der Waals surface area contributed by atoms with Crippen LogP contribution in [-0.2, 0) is 15.8 Å². The zero-order valence-corrected chi connectivity index (χ0v) is 16.0. The van der Waals surface area contributed by atoms with Gasteiger partial charge in [0.2, 0.25) is 10.0 Å². The third-order valence-electron chi connectivity index (χ3n) is 4.59. The fourth-order valence-corrected chi connectivity index (χ4v) is 4.92. The molecule has 0 saturated carbocycles. The molecule has 0 atom stereocenters. The first-order valence-electron chi connectivity index (χ1n) is 8.48. The van der Waals surface area contributed by atoms with Gasteiger partial charge in [-0.1, -0.05) is 37.6 Å². The van der Waals surface area contributed by atoms with Gasteiger partial charge in [-0.15, -0.1) is 10.2 Å². The van der Waals surface area contributed by atoms with Crippen LogP contribution in [0.1, 0.15) is 50.0 Å². The summed E-state index contributed by atoms with van der Waals surface area (Å²) in [6.45, 7) is 5.23. The second kappa shape index (κ2) is 7.43. The van der Waals surface area contributed by atoms with E-state index in [1.165, 1.54) is 0 Å². The fraction of sp³-hybridized carbons (Fsp3) is 0.529. The average molecular weight is 383 g/mol. The smallest absolute Gasteiger partial charge is 0.218 e. The van der Waals surface area contributed by atoms with Gasteiger partial charge in [-0.05, 0) is 30.5 Å². The topological polar surface area (TPSA) is 68.1 Å². The maximum absolute atomic E-state index is 12.7. The van der Waals surface area contributed by atoms with Crippen molar-refractivity contribution in [2.24, 2.45) is 0 Å². The summed E-state index contributed by atoms with van der Waals surface area (Å²) < 4.78 is 29.0. The molecule has 0 radical (unpaired) electrons. The highest BCUT2D eigenvalue weighted by Crippen LogP contribution is 2.28. The molecule has 6 nitrogen and oxygen atoms in total. The van der Waals surface area contributed by atoms with Crippen molar-refractivity contribution in [2.75, 3.05) is 13.1 Å². The average Bonchev–Trinajstić information content (AvgIpc) is 3.07. The van der Waals surface area contributed by atoms with Gasteiger partial charge in [0.25, 0.3) is 0 Å². The molecule has 2 aromatic rings. The fourth-order valence-electron chi connectivity index (χ4n) is 3.23. The van der Waals surface area contributed by atoms with Crippen LogP contribution in [0.3, 0.4) is 0 Å². The van der Waals surface area contributed by atoms with Gasteiger partial charge in [0.05, 0.1) is 5.75 Å². The summed E-state index contributed by atoms with van der Waals surface area (Å²) >= 11 is 5.86. The van der Waals surface area contributed by atoms with E-state index in [-0.39, 0.29) is 11.8 Å². The minimum absolute atomic E-state index is 0.0126. The molecule has 1 saturated heterocycles. The number of hydrogen-bond acceptors (Lipinski definition) is 4. The summed E-state index contributed by atoms with van der Waals surface area (Å²) in [7, 11) is -3.32. The van der Waals surface area contributed by atoms with E-state index in [9.17, 15) is 8.42 Å². The minimum atomic E-state index is -3.32. The van der Waals surface area contributed by atoms with E-state index in [2.05, 4.69) is 28.6 Å². The predicted molar refractivity (Wildman–Crippen MR) is 98.0 cm³/mol. The van der Waals surface area contributed by atoms with Crippen molar-refractivity contribution in [2.45, 2.75) is 44.4 Å². The predicted octanol–water partition coefficient (Wildman–Crippen LogP) is 3.22. The van der Waals surface area contributed by atoms with Crippen molar-refractivity contribution in [1.29, 1.82) is 0 Å². The number of halogens is 1. The molecule has 25 heavy (non-hydrogen) atoms. The van der Waals surface area contributed by atoms with Crippen molar-refractivity contribution in [3.63, 3.8) is 0 Å². The van der Waals surface area contributed by atoms with Crippen LogP contribution in [0.5, 0.6) is 0 Å². The number of aromatic nitrogens is 3. The summed E-state index contributed by atoms with van der Waals surface area (Å²) in [5.41, 5.74) is 0.757. The van der Waals surface area contributed by atoms with E-state index in [0.29, 0.717) is 24.0 Å². The van der Waals surface area contributed by atoms with Crippen molar-refractivity contribution in [1.82, 2.24) is 19.1 Å². The molecule has 1 aromatic heterocycles. The van der Waals surface area contributed by atoms with Crippen molar-refractivity contribution in [3.05, 3.63) is 47.0 Å². The minimum Gasteiger partial charge on any atom is -0.314 e. The van der Waals surface area contributed by atoms with Gasteiger partial charge < -0.3 is 4.57 Å². The first kappa shape index (κ1) is 18.4. The molecule has 2 heterocycles. The summed E-state index contributed by atoms with van der Waals surface area (Å²) in [6.07, 6.45) is 3.31. The Balaban J connectivity index is 1.65. The SMILES string of the molecule is CC(C)c1nncn1C1CCN(S(=O)(=O)Cc2ccc(Cl)cc2)CC1. The summed E-state index contributed by atoms with van der Waals surface area (Å²) in [5, 5.41) is 8.82. The van der Waals surface area contributed by atoms with E-state index in [1.807, 2.05) is 0 Å². The molecular formula is C17H23ClN4O2S. The van der Waals surface area contributed by atoms with Crippen LogP contribution in [-0.4, -0.2) is 40.6 Å². The van der Waals surface area contributed by atoms with E-state index < -0.39 is 10.0 Å². The highest BCUT2D eigenvalue weighted by molar-refractivity contribution is 7.88. The summed E-state index contributed by atoms with van der Waals surface area (Å²) in [4.78, 5) is 0. The molecule has 3 rings (SSSR count). The van der Waals surface area contributed by atoms with Gasteiger partial charge in [-0.2, -0.15) is 0 Å². The maximum Gasteiger partial charge on any atom is 0.218 e. The van der Waals surface area contributed by atoms with Crippen LogP contribution in [0.25, 0.3) is 0 Å². The lowest BCUT2D eigenvalue weighted by Gasteiger charge is -2.32. The Morgan fingerprint density at radius 2 is 1.84 bits per heavy atom. The van der Waals surface area contributed by atoms with Gasteiger partial charge in [0.1, 0.15) is 12.2 Å². The second-order valence-corrected chi connectivity index (χ2v) is 9.17. The molecule has 0 bridgehead atoms. The third kappa shape index (κ3) is 4.22. The van der Waals surface area contributed by atoms with Gasteiger partial charge in [0.15, 0.2) is 0 Å². The summed E-state index contributed by atoms with van der Waals surface area (Å²) in [6, 6.07) is 7.22. The zero-order valence-electron chi connectivity index (χ0n) is 14.5. The molecule has 0 amide bonds. The molecule has 0 unspecified atom stereocenters. The van der Waals surface area contributed by atoms with Crippen LogP contribution in [0.4, 0.5) is 0 Å². The Morgan fingerprint density at radius 1 is 1.20 bits per heavy atom. The van der Waals surface area contributed by atoms with Crippen molar-refractivity contribution >= 4 is 21.6 Å². The van der Waals surface area contributed by atoms with E-state index >= 15 is 0 Å². The van der Waals surface area contributed by atoms with Crippen molar-refractivity contribution < 1.29 is 8.42 Å². The maximum atomic E-state index is 12.7. The monoisotopic (exact) mass is 382 g/mol. The Kier molecular flexibility index (Phi) is 5.46. The van der Waals surface area contributed by atoms with Gasteiger partial charge in [-0.25, -0.2) is 12.7 Å². The highest BCUT2D eigenvalue weighted by atomic mass is 35.5. The quantitative estimate of drug-likeness (QED) is 0.796. The zero-order chi connectivity index (χ0) is 18.0. The van der Waals surface area contributed by atoms with Gasteiger partial charge in [-0.3, -0.25) is 0 Å². The molecular weight excluding hydrogens is 360 g/mol. The first-order valence-corrected chi connectivity index (χ1v) is 10.5. The molecule has 0 spiro atoms. The molecule has 1 fully saturated rings. The Hall–Kier alpha value is -1.44. The number of piperidine rings is 1. The molecule has 1 aliphatic rings. The number of hydrogen-bond donors (Lipinski definition) is 0. The largest absolute Gasteiger partial charge is 0.314 e. The Bertz CT molecular complexity index is 809. The number of rotatable bonds is 5. The summed E-state index contributed by atoms with van der Waals surface area (Å²) in [5.74, 6) is 1.27. The number of nitrogens with zero attached hydrogens (tertiary/aromatic N) is 4. The molecule has 1 aromatic carbocycles. The third-order valence-corrected chi connectivity index (χ3v) is 6.69. The second-order valence-electron chi connectivity index (χ2n) is 6.76.